The van der Waals surface area contributed by atoms with Gasteiger partial charge >= 0.3 is 0 Å². The van der Waals surface area contributed by atoms with Gasteiger partial charge in [0.05, 0.1) is 13.9 Å². The van der Waals surface area contributed by atoms with Crippen molar-refractivity contribution >= 4 is 84.0 Å². The topological polar surface area (TPSA) is 75.7 Å². The lowest BCUT2D eigenvalue weighted by Crippen LogP contribution is -2.36. The number of aryl methyl sites for hydroxylation is 1. The number of imide groups is 1. The Bertz CT molecular complexity index is 1360. The Labute approximate surface area is 234 Å². The zero-order chi connectivity index (χ0) is 25.8. The number of hydrogen-bond acceptors (Lipinski definition) is 5. The van der Waals surface area contributed by atoms with E-state index in [-0.39, 0.29) is 11.4 Å². The fraction of sp³-hybridized carbons (Fsp3) is 0.115. The largest absolute Gasteiger partial charge is 0.487 e. The van der Waals surface area contributed by atoms with Crippen LogP contribution in [0.3, 0.4) is 0 Å². The van der Waals surface area contributed by atoms with Crippen molar-refractivity contribution in [3.63, 3.8) is 0 Å². The third kappa shape index (κ3) is 6.59. The number of nitrogens with zero attached hydrogens (tertiary/aromatic N) is 1. The van der Waals surface area contributed by atoms with Crippen LogP contribution in [0.25, 0.3) is 6.08 Å². The third-order valence-corrected chi connectivity index (χ3v) is 7.43. The average molecular weight is 651 g/mol. The van der Waals surface area contributed by atoms with Gasteiger partial charge in [-0.15, -0.1) is 0 Å². The van der Waals surface area contributed by atoms with Gasteiger partial charge in [-0.05, 0) is 110 Å². The highest BCUT2D eigenvalue weighted by Crippen LogP contribution is 2.38. The van der Waals surface area contributed by atoms with Crippen molar-refractivity contribution in [1.82, 2.24) is 4.90 Å². The number of hydrogen-bond donors (Lipinski definition) is 1. The van der Waals surface area contributed by atoms with E-state index in [0.29, 0.717) is 37.6 Å². The summed E-state index contributed by atoms with van der Waals surface area (Å²) in [6, 6.07) is 18.2. The fourth-order valence-corrected chi connectivity index (χ4v) is 5.81. The average Bonchev–Trinajstić information content (AvgIpc) is 3.07. The SMILES string of the molecule is Cc1cccc(NC(=O)CN2C(=O)S/C(=C/c3cc(Br)c(OCc4ccc(Cl)cc4)c(Br)c3)C2=O)c1. The molecule has 36 heavy (non-hydrogen) atoms. The molecule has 4 rings (SSSR count). The molecule has 0 bridgehead atoms. The van der Waals surface area contributed by atoms with Crippen LogP contribution in [0.5, 0.6) is 5.75 Å². The molecule has 0 unspecified atom stereocenters. The molecule has 0 radical (unpaired) electrons. The number of ether oxygens (including phenoxy) is 1. The molecule has 0 aliphatic carbocycles. The number of halogens is 3. The van der Waals surface area contributed by atoms with Crippen molar-refractivity contribution in [2.75, 3.05) is 11.9 Å². The third-order valence-electron chi connectivity index (χ3n) is 5.09. The predicted octanol–water partition coefficient (Wildman–Crippen LogP) is 7.43. The minimum atomic E-state index is -0.514. The van der Waals surface area contributed by atoms with E-state index in [2.05, 4.69) is 37.2 Å². The fourth-order valence-electron chi connectivity index (χ4n) is 3.39. The van der Waals surface area contributed by atoms with Gasteiger partial charge in [-0.1, -0.05) is 35.9 Å². The zero-order valence-electron chi connectivity index (χ0n) is 18.9. The summed E-state index contributed by atoms with van der Waals surface area (Å²) >= 11 is 13.8. The van der Waals surface area contributed by atoms with E-state index in [1.165, 1.54) is 0 Å². The molecule has 1 saturated heterocycles. The second kappa shape index (κ2) is 11.6. The van der Waals surface area contributed by atoms with E-state index in [9.17, 15) is 14.4 Å². The minimum absolute atomic E-state index is 0.233. The Morgan fingerprint density at radius 1 is 1.08 bits per heavy atom. The maximum Gasteiger partial charge on any atom is 0.294 e. The molecular formula is C26H19Br2ClN2O4S. The summed E-state index contributed by atoms with van der Waals surface area (Å²) in [6.45, 7) is 1.89. The van der Waals surface area contributed by atoms with Crippen LogP contribution in [0.4, 0.5) is 10.5 Å². The van der Waals surface area contributed by atoms with Gasteiger partial charge < -0.3 is 10.1 Å². The zero-order valence-corrected chi connectivity index (χ0v) is 23.6. The van der Waals surface area contributed by atoms with Crippen LogP contribution >= 0.6 is 55.2 Å². The van der Waals surface area contributed by atoms with Gasteiger partial charge in [0.25, 0.3) is 11.1 Å². The number of thioether (sulfide) groups is 1. The second-order valence-corrected chi connectivity index (χ2v) is 11.1. The number of carbonyl (C=O) groups excluding carboxylic acids is 3. The molecule has 0 atom stereocenters. The van der Waals surface area contributed by atoms with Gasteiger partial charge in [0.1, 0.15) is 18.9 Å². The lowest BCUT2D eigenvalue weighted by Gasteiger charge is -2.13. The number of benzene rings is 3. The maximum absolute atomic E-state index is 12.9. The molecule has 1 N–H and O–H groups in total. The normalized spacial score (nSPS) is 14.4. The minimum Gasteiger partial charge on any atom is -0.487 e. The lowest BCUT2D eigenvalue weighted by atomic mass is 10.2. The van der Waals surface area contributed by atoms with Gasteiger partial charge in [-0.3, -0.25) is 19.3 Å². The van der Waals surface area contributed by atoms with Gasteiger partial charge in [0.15, 0.2) is 0 Å². The molecule has 0 aromatic heterocycles. The first kappa shape index (κ1) is 26.5. The molecule has 3 aromatic carbocycles. The van der Waals surface area contributed by atoms with Crippen LogP contribution in [0.2, 0.25) is 5.02 Å². The van der Waals surface area contributed by atoms with Crippen molar-refractivity contribution in [2.24, 2.45) is 0 Å². The van der Waals surface area contributed by atoms with Crippen LogP contribution in [0.15, 0.2) is 74.5 Å². The van der Waals surface area contributed by atoms with Crippen molar-refractivity contribution in [3.8, 4) is 5.75 Å². The van der Waals surface area contributed by atoms with E-state index < -0.39 is 17.1 Å². The quantitative estimate of drug-likeness (QED) is 0.269. The predicted molar refractivity (Wildman–Crippen MR) is 150 cm³/mol. The molecule has 0 saturated carbocycles. The Morgan fingerprint density at radius 2 is 1.78 bits per heavy atom. The van der Waals surface area contributed by atoms with E-state index >= 15 is 0 Å². The summed E-state index contributed by atoms with van der Waals surface area (Å²) in [7, 11) is 0. The summed E-state index contributed by atoms with van der Waals surface area (Å²) in [6.07, 6.45) is 1.61. The van der Waals surface area contributed by atoms with Gasteiger partial charge in [0, 0.05) is 10.7 Å². The van der Waals surface area contributed by atoms with Gasteiger partial charge in [-0.2, -0.15) is 0 Å². The highest BCUT2D eigenvalue weighted by Gasteiger charge is 2.36. The number of rotatable bonds is 7. The molecule has 1 aliphatic heterocycles. The molecular weight excluding hydrogens is 632 g/mol. The van der Waals surface area contributed by atoms with Crippen molar-refractivity contribution < 1.29 is 19.1 Å². The standard InChI is InChI=1S/C26H19Br2ClN2O4S/c1-15-3-2-4-19(9-15)30-23(32)13-31-25(33)22(36-26(31)34)12-17-10-20(27)24(21(28)11-17)35-14-16-5-7-18(29)8-6-16/h2-12H,13-14H2,1H3,(H,30,32)/b22-12+. The summed E-state index contributed by atoms with van der Waals surface area (Å²) in [5, 5.41) is 2.88. The first-order valence-corrected chi connectivity index (χ1v) is 13.5. The molecule has 6 nitrogen and oxygen atoms in total. The van der Waals surface area contributed by atoms with Crippen LogP contribution in [-0.2, 0) is 16.2 Å². The molecule has 1 heterocycles. The molecule has 10 heteroatoms. The van der Waals surface area contributed by atoms with Crippen molar-refractivity contribution in [2.45, 2.75) is 13.5 Å². The lowest BCUT2D eigenvalue weighted by molar-refractivity contribution is -0.127. The summed E-state index contributed by atoms with van der Waals surface area (Å²) in [5.41, 5.74) is 3.24. The number of amides is 3. The van der Waals surface area contributed by atoms with Crippen LogP contribution in [0.1, 0.15) is 16.7 Å². The summed E-state index contributed by atoms with van der Waals surface area (Å²) in [5.74, 6) is -0.362. The van der Waals surface area contributed by atoms with Crippen LogP contribution in [0, 0.1) is 6.92 Å². The maximum atomic E-state index is 12.9. The van der Waals surface area contributed by atoms with Crippen molar-refractivity contribution in [3.05, 3.63) is 96.2 Å². The summed E-state index contributed by atoms with van der Waals surface area (Å²) < 4.78 is 7.29. The van der Waals surface area contributed by atoms with E-state index in [1.54, 1.807) is 36.4 Å². The smallest absolute Gasteiger partial charge is 0.294 e. The van der Waals surface area contributed by atoms with E-state index in [4.69, 9.17) is 16.3 Å². The molecule has 3 aromatic rings. The molecule has 1 aliphatic rings. The molecule has 1 fully saturated rings. The summed E-state index contributed by atoms with van der Waals surface area (Å²) in [4.78, 5) is 38.9. The molecule has 184 valence electrons. The van der Waals surface area contributed by atoms with Gasteiger partial charge in [0.2, 0.25) is 5.91 Å². The number of anilines is 1. The van der Waals surface area contributed by atoms with E-state index in [0.717, 1.165) is 27.8 Å². The molecule has 0 spiro atoms. The Kier molecular flexibility index (Phi) is 8.56. The Hall–Kier alpha value is -2.59. The second-order valence-electron chi connectivity index (χ2n) is 7.91. The van der Waals surface area contributed by atoms with Crippen LogP contribution < -0.4 is 10.1 Å². The molecule has 3 amide bonds. The highest BCUT2D eigenvalue weighted by atomic mass is 79.9. The monoisotopic (exact) mass is 648 g/mol. The van der Waals surface area contributed by atoms with Crippen LogP contribution in [-0.4, -0.2) is 28.5 Å². The Balaban J connectivity index is 1.43. The highest BCUT2D eigenvalue weighted by molar-refractivity contribution is 9.11. The number of nitrogens with one attached hydrogen (secondary N) is 1. The Morgan fingerprint density at radius 3 is 2.44 bits per heavy atom. The first-order valence-electron chi connectivity index (χ1n) is 10.7. The number of carbonyl (C=O) groups is 3. The van der Waals surface area contributed by atoms with Gasteiger partial charge in [-0.25, -0.2) is 0 Å². The van der Waals surface area contributed by atoms with Crippen molar-refractivity contribution in [1.29, 1.82) is 0 Å². The first-order chi connectivity index (χ1) is 17.2. The van der Waals surface area contributed by atoms with E-state index in [1.807, 2.05) is 37.3 Å².